The summed E-state index contributed by atoms with van der Waals surface area (Å²) in [5, 5.41) is 7.39. The topological polar surface area (TPSA) is 98.5 Å². The fourth-order valence-electron chi connectivity index (χ4n) is 1.66. The average molecular weight is 342 g/mol. The van der Waals surface area contributed by atoms with Crippen molar-refractivity contribution in [1.29, 1.82) is 0 Å². The van der Waals surface area contributed by atoms with E-state index in [1.807, 2.05) is 0 Å². The standard InChI is InChI=1S/C14H12F2N2O4S/c15-12-5-4-10(7-13(12)16)22-8-14(19)18-9-2-1-3-11(6-9)23(17,20)21/h1-7H,8H2,(H,18,19)(H2,17,20,21). The molecule has 0 spiro atoms. The molecule has 6 nitrogen and oxygen atoms in total. The van der Waals surface area contributed by atoms with Gasteiger partial charge in [0.25, 0.3) is 5.91 Å². The van der Waals surface area contributed by atoms with Crippen LogP contribution < -0.4 is 15.2 Å². The highest BCUT2D eigenvalue weighted by atomic mass is 32.2. The predicted octanol–water partition coefficient (Wildman–Crippen LogP) is 1.63. The number of rotatable bonds is 5. The second kappa shape index (κ2) is 6.71. The Labute approximate surface area is 130 Å². The second-order valence-corrected chi connectivity index (χ2v) is 6.05. The molecule has 0 aliphatic carbocycles. The molecule has 0 aliphatic heterocycles. The molecular formula is C14H12F2N2O4S. The van der Waals surface area contributed by atoms with Crippen molar-refractivity contribution in [3.05, 3.63) is 54.1 Å². The Kier molecular flexibility index (Phi) is 4.92. The van der Waals surface area contributed by atoms with E-state index in [4.69, 9.17) is 9.88 Å². The first-order chi connectivity index (χ1) is 10.8. The Morgan fingerprint density at radius 2 is 1.87 bits per heavy atom. The smallest absolute Gasteiger partial charge is 0.262 e. The lowest BCUT2D eigenvalue weighted by Gasteiger charge is -2.08. The summed E-state index contributed by atoms with van der Waals surface area (Å²) in [7, 11) is -3.88. The van der Waals surface area contributed by atoms with E-state index in [2.05, 4.69) is 5.32 Å². The minimum Gasteiger partial charge on any atom is -0.484 e. The summed E-state index contributed by atoms with van der Waals surface area (Å²) in [6.45, 7) is -0.468. The van der Waals surface area contributed by atoms with E-state index in [1.54, 1.807) is 0 Å². The van der Waals surface area contributed by atoms with Crippen molar-refractivity contribution < 1.29 is 26.7 Å². The number of ether oxygens (including phenoxy) is 1. The summed E-state index contributed by atoms with van der Waals surface area (Å²) >= 11 is 0. The highest BCUT2D eigenvalue weighted by molar-refractivity contribution is 7.89. The summed E-state index contributed by atoms with van der Waals surface area (Å²) in [6.07, 6.45) is 0. The van der Waals surface area contributed by atoms with Crippen molar-refractivity contribution in [1.82, 2.24) is 0 Å². The van der Waals surface area contributed by atoms with E-state index in [1.165, 1.54) is 30.3 Å². The van der Waals surface area contributed by atoms with E-state index in [0.717, 1.165) is 12.1 Å². The molecule has 2 aromatic carbocycles. The van der Waals surface area contributed by atoms with Crippen LogP contribution in [0.25, 0.3) is 0 Å². The third-order valence-corrected chi connectivity index (χ3v) is 3.62. The molecule has 0 unspecified atom stereocenters. The molecule has 9 heteroatoms. The Morgan fingerprint density at radius 1 is 1.13 bits per heavy atom. The molecule has 0 heterocycles. The van der Waals surface area contributed by atoms with Crippen LogP contribution in [0, 0.1) is 11.6 Å². The maximum absolute atomic E-state index is 13.0. The zero-order chi connectivity index (χ0) is 17.0. The minimum atomic E-state index is -3.88. The summed E-state index contributed by atoms with van der Waals surface area (Å²) < 4.78 is 53.2. The van der Waals surface area contributed by atoms with Crippen molar-refractivity contribution in [2.24, 2.45) is 5.14 Å². The molecule has 0 saturated heterocycles. The second-order valence-electron chi connectivity index (χ2n) is 4.49. The quantitative estimate of drug-likeness (QED) is 0.863. The van der Waals surface area contributed by atoms with Crippen molar-refractivity contribution in [3.63, 3.8) is 0 Å². The van der Waals surface area contributed by atoms with Gasteiger partial charge in [0.05, 0.1) is 4.90 Å². The summed E-state index contributed by atoms with van der Waals surface area (Å²) in [6, 6.07) is 8.19. The number of hydrogen-bond acceptors (Lipinski definition) is 4. The number of sulfonamides is 1. The predicted molar refractivity (Wildman–Crippen MR) is 78.3 cm³/mol. The van der Waals surface area contributed by atoms with Gasteiger partial charge >= 0.3 is 0 Å². The van der Waals surface area contributed by atoms with Crippen LogP contribution in [0.4, 0.5) is 14.5 Å². The lowest BCUT2D eigenvalue weighted by atomic mass is 10.3. The van der Waals surface area contributed by atoms with E-state index < -0.39 is 34.2 Å². The number of nitrogens with one attached hydrogen (secondary N) is 1. The van der Waals surface area contributed by atoms with Gasteiger partial charge in [-0.25, -0.2) is 22.3 Å². The molecule has 3 N–H and O–H groups in total. The van der Waals surface area contributed by atoms with Gasteiger partial charge < -0.3 is 10.1 Å². The number of hydrogen-bond donors (Lipinski definition) is 2. The summed E-state index contributed by atoms with van der Waals surface area (Å²) in [5.74, 6) is -2.75. The zero-order valence-corrected chi connectivity index (χ0v) is 12.4. The molecule has 2 rings (SSSR count). The third kappa shape index (κ3) is 4.73. The van der Waals surface area contributed by atoms with Crippen LogP contribution in [0.15, 0.2) is 47.4 Å². The summed E-state index contributed by atoms with van der Waals surface area (Å²) in [4.78, 5) is 11.6. The summed E-state index contributed by atoms with van der Waals surface area (Å²) in [5.41, 5.74) is 0.204. The largest absolute Gasteiger partial charge is 0.484 e. The van der Waals surface area contributed by atoms with Crippen LogP contribution in [-0.2, 0) is 14.8 Å². The molecule has 0 bridgehead atoms. The molecule has 0 atom stereocenters. The van der Waals surface area contributed by atoms with Gasteiger partial charge in [-0.2, -0.15) is 0 Å². The van der Waals surface area contributed by atoms with Crippen LogP contribution in [0.1, 0.15) is 0 Å². The number of amides is 1. The third-order valence-electron chi connectivity index (χ3n) is 2.71. The fourth-order valence-corrected chi connectivity index (χ4v) is 2.22. The Bertz CT molecular complexity index is 840. The molecule has 0 aliphatic rings. The maximum Gasteiger partial charge on any atom is 0.262 e. The molecule has 122 valence electrons. The van der Waals surface area contributed by atoms with E-state index >= 15 is 0 Å². The van der Waals surface area contributed by atoms with Crippen LogP contribution in [0.2, 0.25) is 0 Å². The molecule has 0 fully saturated rings. The molecular weight excluding hydrogens is 330 g/mol. The van der Waals surface area contributed by atoms with Gasteiger partial charge in [0, 0.05) is 11.8 Å². The first-order valence-corrected chi connectivity index (χ1v) is 7.81. The zero-order valence-electron chi connectivity index (χ0n) is 11.6. The van der Waals surface area contributed by atoms with Crippen LogP contribution >= 0.6 is 0 Å². The Morgan fingerprint density at radius 3 is 2.52 bits per heavy atom. The number of nitrogens with two attached hydrogens (primary N) is 1. The molecule has 0 aromatic heterocycles. The SMILES string of the molecule is NS(=O)(=O)c1cccc(NC(=O)COc2ccc(F)c(F)c2)c1. The number of benzene rings is 2. The van der Waals surface area contributed by atoms with Gasteiger partial charge in [-0.3, -0.25) is 4.79 Å². The highest BCUT2D eigenvalue weighted by Crippen LogP contribution is 2.16. The molecule has 2 aromatic rings. The number of anilines is 1. The molecule has 23 heavy (non-hydrogen) atoms. The lowest BCUT2D eigenvalue weighted by Crippen LogP contribution is -2.20. The van der Waals surface area contributed by atoms with Crippen molar-refractivity contribution in [2.75, 3.05) is 11.9 Å². The fraction of sp³-hybridized carbons (Fsp3) is 0.0714. The van der Waals surface area contributed by atoms with E-state index in [9.17, 15) is 22.0 Å². The van der Waals surface area contributed by atoms with Gasteiger partial charge in [0.1, 0.15) is 5.75 Å². The van der Waals surface area contributed by atoms with Gasteiger partial charge in [-0.05, 0) is 30.3 Å². The lowest BCUT2D eigenvalue weighted by molar-refractivity contribution is -0.118. The number of halogens is 2. The number of primary sulfonamides is 1. The van der Waals surface area contributed by atoms with Crippen molar-refractivity contribution in [2.45, 2.75) is 4.90 Å². The van der Waals surface area contributed by atoms with E-state index in [-0.39, 0.29) is 16.3 Å². The first-order valence-electron chi connectivity index (χ1n) is 6.26. The Balaban J connectivity index is 1.98. The van der Waals surface area contributed by atoms with E-state index in [0.29, 0.717) is 0 Å². The van der Waals surface area contributed by atoms with Crippen molar-refractivity contribution in [3.8, 4) is 5.75 Å². The Hall–Kier alpha value is -2.52. The van der Waals surface area contributed by atoms with Crippen LogP contribution in [0.5, 0.6) is 5.75 Å². The van der Waals surface area contributed by atoms with Gasteiger partial charge in [-0.15, -0.1) is 0 Å². The first kappa shape index (κ1) is 16.8. The van der Waals surface area contributed by atoms with Gasteiger partial charge in [0.2, 0.25) is 10.0 Å². The number of carbonyl (C=O) groups is 1. The van der Waals surface area contributed by atoms with Gasteiger partial charge in [0.15, 0.2) is 18.2 Å². The highest BCUT2D eigenvalue weighted by Gasteiger charge is 2.10. The van der Waals surface area contributed by atoms with Crippen molar-refractivity contribution >= 4 is 21.6 Å². The maximum atomic E-state index is 13.0. The average Bonchev–Trinajstić information content (AvgIpc) is 2.48. The number of carbonyl (C=O) groups excluding carboxylic acids is 1. The minimum absolute atomic E-state index is 0.0164. The van der Waals surface area contributed by atoms with Crippen LogP contribution in [-0.4, -0.2) is 20.9 Å². The molecule has 1 amide bonds. The van der Waals surface area contributed by atoms with Crippen LogP contribution in [0.3, 0.4) is 0 Å². The normalized spacial score (nSPS) is 11.1. The molecule has 0 radical (unpaired) electrons. The monoisotopic (exact) mass is 342 g/mol. The van der Waals surface area contributed by atoms with Gasteiger partial charge in [-0.1, -0.05) is 6.07 Å². The molecule has 0 saturated carbocycles.